The molecular weight excluding hydrogens is 320 g/mol. The van der Waals surface area contributed by atoms with Crippen molar-refractivity contribution in [3.05, 3.63) is 37.9 Å². The van der Waals surface area contributed by atoms with Crippen molar-refractivity contribution in [2.24, 2.45) is 0 Å². The second kappa shape index (κ2) is 5.57. The molecule has 1 amide bonds. The number of nitrogens with zero attached hydrogens (tertiary/aromatic N) is 1. The highest BCUT2D eigenvalue weighted by atomic mass is 79.9. The van der Waals surface area contributed by atoms with Gasteiger partial charge in [-0.2, -0.15) is 0 Å². The van der Waals surface area contributed by atoms with Crippen LogP contribution in [0.2, 0.25) is 0 Å². The first kappa shape index (κ1) is 12.5. The Labute approximate surface area is 115 Å². The highest BCUT2D eigenvalue weighted by molar-refractivity contribution is 9.11. The van der Waals surface area contributed by atoms with E-state index in [1.165, 1.54) is 17.4 Å². The molecule has 6 heteroatoms. The fraction of sp³-hybridized carbons (Fsp3) is 0.0909. The number of carbonyl (C=O) groups is 1. The summed E-state index contributed by atoms with van der Waals surface area (Å²) in [6.07, 6.45) is 5.03. The number of carbonyl (C=O) groups excluding carboxylic acids is 1. The molecule has 0 saturated heterocycles. The minimum atomic E-state index is -0.163. The lowest BCUT2D eigenvalue weighted by Gasteiger charge is -1.94. The highest BCUT2D eigenvalue weighted by Gasteiger charge is 2.01. The van der Waals surface area contributed by atoms with Gasteiger partial charge in [0.1, 0.15) is 0 Å². The molecule has 0 aliphatic heterocycles. The van der Waals surface area contributed by atoms with Crippen molar-refractivity contribution >= 4 is 55.7 Å². The minimum absolute atomic E-state index is 0.163. The van der Waals surface area contributed by atoms with Crippen LogP contribution in [0.5, 0.6) is 0 Å². The first-order valence-corrected chi connectivity index (χ1v) is 7.23. The molecule has 0 unspecified atom stereocenters. The number of nitrogens with one attached hydrogen (secondary N) is 1. The second-order valence-electron chi connectivity index (χ2n) is 3.24. The predicted octanol–water partition coefficient (Wildman–Crippen LogP) is 3.93. The number of aryl methyl sites for hydroxylation is 1. The number of anilines is 1. The number of aromatic nitrogens is 1. The maximum absolute atomic E-state index is 11.6. The Morgan fingerprint density at radius 3 is 2.88 bits per heavy atom. The van der Waals surface area contributed by atoms with Crippen LogP contribution in [-0.4, -0.2) is 10.9 Å². The average molecular weight is 329 g/mol. The molecule has 2 aromatic heterocycles. The fourth-order valence-electron chi connectivity index (χ4n) is 1.14. The topological polar surface area (TPSA) is 42.0 Å². The molecule has 1 N–H and O–H groups in total. The van der Waals surface area contributed by atoms with Crippen LogP contribution in [0.1, 0.15) is 9.75 Å². The molecule has 88 valence electrons. The number of thiazole rings is 1. The van der Waals surface area contributed by atoms with Crippen molar-refractivity contribution in [2.75, 3.05) is 5.32 Å². The summed E-state index contributed by atoms with van der Waals surface area (Å²) in [7, 11) is 0. The van der Waals surface area contributed by atoms with Gasteiger partial charge in [0, 0.05) is 22.0 Å². The van der Waals surface area contributed by atoms with E-state index in [1.54, 1.807) is 23.6 Å². The molecule has 2 heterocycles. The molecule has 0 atom stereocenters. The van der Waals surface area contributed by atoms with Crippen molar-refractivity contribution in [1.29, 1.82) is 0 Å². The first-order chi connectivity index (χ1) is 8.13. The van der Waals surface area contributed by atoms with Crippen LogP contribution in [0, 0.1) is 6.92 Å². The van der Waals surface area contributed by atoms with E-state index in [0.29, 0.717) is 5.13 Å². The van der Waals surface area contributed by atoms with E-state index in [4.69, 9.17) is 0 Å². The van der Waals surface area contributed by atoms with Gasteiger partial charge < -0.3 is 0 Å². The van der Waals surface area contributed by atoms with Gasteiger partial charge >= 0.3 is 0 Å². The molecular formula is C11H9BrN2OS2. The van der Waals surface area contributed by atoms with Crippen molar-refractivity contribution in [3.8, 4) is 0 Å². The highest BCUT2D eigenvalue weighted by Crippen LogP contribution is 2.23. The van der Waals surface area contributed by atoms with Crippen LogP contribution in [-0.2, 0) is 4.79 Å². The Bertz CT molecular complexity index is 559. The Morgan fingerprint density at radius 2 is 2.29 bits per heavy atom. The molecule has 0 aromatic carbocycles. The van der Waals surface area contributed by atoms with Gasteiger partial charge in [0.25, 0.3) is 0 Å². The van der Waals surface area contributed by atoms with E-state index < -0.39 is 0 Å². The standard InChI is InChI=1S/C11H9BrN2OS2/c1-7-6-13-11(16-7)14-10(15)5-3-8-2-4-9(12)17-8/h2-6H,1H3,(H,13,14,15)/b5-3+. The average Bonchev–Trinajstić information content (AvgIpc) is 2.85. The van der Waals surface area contributed by atoms with Crippen molar-refractivity contribution < 1.29 is 4.79 Å². The predicted molar refractivity (Wildman–Crippen MR) is 76.5 cm³/mol. The summed E-state index contributed by atoms with van der Waals surface area (Å²) in [5, 5.41) is 3.34. The Hall–Kier alpha value is -0.980. The lowest BCUT2D eigenvalue weighted by molar-refractivity contribution is -0.111. The zero-order chi connectivity index (χ0) is 12.3. The number of hydrogen-bond donors (Lipinski definition) is 1. The number of hydrogen-bond acceptors (Lipinski definition) is 4. The molecule has 2 rings (SSSR count). The van der Waals surface area contributed by atoms with E-state index in [-0.39, 0.29) is 5.91 Å². The lowest BCUT2D eigenvalue weighted by atomic mass is 10.4. The SMILES string of the molecule is Cc1cnc(NC(=O)/C=C/c2ccc(Br)s2)s1. The van der Waals surface area contributed by atoms with Crippen molar-refractivity contribution in [1.82, 2.24) is 4.98 Å². The van der Waals surface area contributed by atoms with Crippen LogP contribution in [0.4, 0.5) is 5.13 Å². The third-order valence-corrected chi connectivity index (χ3v) is 4.26. The van der Waals surface area contributed by atoms with Gasteiger partial charge in [0.2, 0.25) is 5.91 Å². The van der Waals surface area contributed by atoms with Crippen LogP contribution in [0.15, 0.2) is 28.2 Å². The zero-order valence-electron chi connectivity index (χ0n) is 8.94. The van der Waals surface area contributed by atoms with E-state index in [0.717, 1.165) is 13.5 Å². The van der Waals surface area contributed by atoms with Gasteiger partial charge in [0.15, 0.2) is 5.13 Å². The largest absolute Gasteiger partial charge is 0.298 e. The quantitative estimate of drug-likeness (QED) is 0.867. The molecule has 0 aliphatic rings. The monoisotopic (exact) mass is 328 g/mol. The molecule has 3 nitrogen and oxygen atoms in total. The number of amides is 1. The fourth-order valence-corrected chi connectivity index (χ4v) is 3.13. The first-order valence-electron chi connectivity index (χ1n) is 4.80. The Morgan fingerprint density at radius 1 is 1.47 bits per heavy atom. The third kappa shape index (κ3) is 3.76. The molecule has 0 saturated carbocycles. The van der Waals surface area contributed by atoms with E-state index in [9.17, 15) is 4.79 Å². The second-order valence-corrected chi connectivity index (χ2v) is 6.97. The molecule has 0 fully saturated rings. The van der Waals surface area contributed by atoms with Crippen LogP contribution >= 0.6 is 38.6 Å². The number of halogens is 1. The van der Waals surface area contributed by atoms with Crippen LogP contribution in [0.3, 0.4) is 0 Å². The lowest BCUT2D eigenvalue weighted by Crippen LogP contribution is -2.06. The van der Waals surface area contributed by atoms with Gasteiger partial charge in [-0.15, -0.1) is 22.7 Å². The van der Waals surface area contributed by atoms with Crippen LogP contribution in [0.25, 0.3) is 6.08 Å². The molecule has 0 radical (unpaired) electrons. The summed E-state index contributed by atoms with van der Waals surface area (Å²) < 4.78 is 1.05. The molecule has 0 bridgehead atoms. The summed E-state index contributed by atoms with van der Waals surface area (Å²) in [5.74, 6) is -0.163. The Kier molecular flexibility index (Phi) is 4.09. The van der Waals surface area contributed by atoms with Gasteiger partial charge in [0.05, 0.1) is 3.79 Å². The molecule has 0 aliphatic carbocycles. The van der Waals surface area contributed by atoms with Gasteiger partial charge in [-0.3, -0.25) is 10.1 Å². The number of thiophene rings is 1. The summed E-state index contributed by atoms with van der Waals surface area (Å²) in [6.45, 7) is 1.95. The van der Waals surface area contributed by atoms with E-state index >= 15 is 0 Å². The van der Waals surface area contributed by atoms with Crippen molar-refractivity contribution in [2.45, 2.75) is 6.92 Å². The summed E-state index contributed by atoms with van der Waals surface area (Å²) in [5.41, 5.74) is 0. The van der Waals surface area contributed by atoms with E-state index in [1.807, 2.05) is 19.1 Å². The summed E-state index contributed by atoms with van der Waals surface area (Å²) in [6, 6.07) is 3.90. The summed E-state index contributed by atoms with van der Waals surface area (Å²) >= 11 is 6.41. The maximum atomic E-state index is 11.6. The van der Waals surface area contributed by atoms with Crippen molar-refractivity contribution in [3.63, 3.8) is 0 Å². The van der Waals surface area contributed by atoms with Gasteiger partial charge in [-0.1, -0.05) is 0 Å². The normalized spacial score (nSPS) is 10.9. The molecule has 2 aromatic rings. The zero-order valence-corrected chi connectivity index (χ0v) is 12.2. The summed E-state index contributed by atoms with van der Waals surface area (Å²) in [4.78, 5) is 17.7. The van der Waals surface area contributed by atoms with Crippen LogP contribution < -0.4 is 5.32 Å². The van der Waals surface area contributed by atoms with E-state index in [2.05, 4.69) is 26.2 Å². The molecule has 0 spiro atoms. The maximum Gasteiger partial charge on any atom is 0.250 e. The number of rotatable bonds is 3. The van der Waals surface area contributed by atoms with Gasteiger partial charge in [-0.05, 0) is 41.1 Å². The Balaban J connectivity index is 1.95. The molecule has 17 heavy (non-hydrogen) atoms. The van der Waals surface area contributed by atoms with Gasteiger partial charge in [-0.25, -0.2) is 4.98 Å². The third-order valence-electron chi connectivity index (χ3n) is 1.84. The minimum Gasteiger partial charge on any atom is -0.298 e. The smallest absolute Gasteiger partial charge is 0.250 e.